The van der Waals surface area contributed by atoms with Crippen LogP contribution in [0.15, 0.2) is 88.8 Å². The van der Waals surface area contributed by atoms with E-state index in [4.69, 9.17) is 0 Å². The Balaban J connectivity index is 1.94. The second-order valence-corrected chi connectivity index (χ2v) is 7.33. The first kappa shape index (κ1) is 17.8. The van der Waals surface area contributed by atoms with Gasteiger partial charge < -0.3 is 0 Å². The lowest BCUT2D eigenvalue weighted by Gasteiger charge is -2.20. The minimum atomic E-state index is 0.0614. The van der Waals surface area contributed by atoms with Crippen LogP contribution < -0.4 is 0 Å². The van der Waals surface area contributed by atoms with Crippen molar-refractivity contribution < 1.29 is 0 Å². The van der Waals surface area contributed by atoms with Crippen molar-refractivity contribution in [1.82, 2.24) is 0 Å². The second kappa shape index (κ2) is 7.92. The zero-order valence-electron chi connectivity index (χ0n) is 15.6. The molecule has 0 aliphatic rings. The van der Waals surface area contributed by atoms with E-state index >= 15 is 0 Å². The van der Waals surface area contributed by atoms with Gasteiger partial charge >= 0.3 is 0 Å². The van der Waals surface area contributed by atoms with Crippen molar-refractivity contribution in [2.24, 2.45) is 9.98 Å². The fraction of sp³-hybridized carbons (Fsp3) is 0.167. The average molecular weight is 340 g/mol. The average Bonchev–Trinajstić information content (AvgIpc) is 2.66. The fourth-order valence-corrected chi connectivity index (χ4v) is 2.58. The third kappa shape index (κ3) is 5.00. The molecular formula is C24H24N2. The van der Waals surface area contributed by atoms with Gasteiger partial charge in [-0.15, -0.1) is 0 Å². The van der Waals surface area contributed by atoms with Crippen LogP contribution in [-0.2, 0) is 5.41 Å². The van der Waals surface area contributed by atoms with E-state index in [1.54, 1.807) is 0 Å². The summed E-state index contributed by atoms with van der Waals surface area (Å²) in [4.78, 5) is 9.18. The van der Waals surface area contributed by atoms with E-state index in [0.29, 0.717) is 0 Å². The molecule has 0 saturated carbocycles. The lowest BCUT2D eigenvalue weighted by Crippen LogP contribution is -2.12. The minimum absolute atomic E-state index is 0.0614. The predicted molar refractivity (Wildman–Crippen MR) is 113 cm³/mol. The summed E-state index contributed by atoms with van der Waals surface area (Å²) in [5.74, 6) is 0. The molecule has 0 aromatic heterocycles. The lowest BCUT2D eigenvalue weighted by atomic mass is 9.85. The predicted octanol–water partition coefficient (Wildman–Crippen LogP) is 6.49. The van der Waals surface area contributed by atoms with Crippen molar-refractivity contribution in [1.29, 1.82) is 0 Å². The first-order valence-corrected chi connectivity index (χ1v) is 8.84. The Bertz CT molecular complexity index is 834. The number of aliphatic imine (C=N–C) groups is 2. The summed E-state index contributed by atoms with van der Waals surface area (Å²) < 4.78 is 0. The highest BCUT2D eigenvalue weighted by atomic mass is 14.7. The number of hydrogen-bond donors (Lipinski definition) is 0. The molecule has 2 heteroatoms. The maximum absolute atomic E-state index is 4.59. The molecule has 3 aromatic rings. The van der Waals surface area contributed by atoms with Gasteiger partial charge in [0, 0.05) is 12.4 Å². The molecular weight excluding hydrogens is 316 g/mol. The van der Waals surface area contributed by atoms with E-state index in [9.17, 15) is 0 Å². The molecule has 0 spiro atoms. The van der Waals surface area contributed by atoms with Gasteiger partial charge in [-0.3, -0.25) is 9.98 Å². The van der Waals surface area contributed by atoms with Gasteiger partial charge in [0.15, 0.2) is 0 Å². The summed E-state index contributed by atoms with van der Waals surface area (Å²) in [6.07, 6.45) is 3.84. The van der Waals surface area contributed by atoms with Gasteiger partial charge in [-0.25, -0.2) is 0 Å². The molecule has 0 amide bonds. The third-order valence-electron chi connectivity index (χ3n) is 4.08. The Labute approximate surface area is 156 Å². The third-order valence-corrected chi connectivity index (χ3v) is 4.08. The van der Waals surface area contributed by atoms with E-state index in [-0.39, 0.29) is 5.41 Å². The van der Waals surface area contributed by atoms with Gasteiger partial charge in [0.2, 0.25) is 0 Å². The van der Waals surface area contributed by atoms with Crippen LogP contribution in [-0.4, -0.2) is 12.4 Å². The number of benzene rings is 3. The maximum Gasteiger partial charge on any atom is 0.0629 e. The summed E-state index contributed by atoms with van der Waals surface area (Å²) in [6.45, 7) is 6.66. The van der Waals surface area contributed by atoms with Crippen LogP contribution in [0, 0.1) is 0 Å². The first-order valence-electron chi connectivity index (χ1n) is 8.84. The van der Waals surface area contributed by atoms with E-state index in [1.807, 2.05) is 73.1 Å². The van der Waals surface area contributed by atoms with Gasteiger partial charge in [-0.1, -0.05) is 57.2 Å². The topological polar surface area (TPSA) is 24.7 Å². The summed E-state index contributed by atoms with van der Waals surface area (Å²) in [5, 5.41) is 0. The Hall–Kier alpha value is -3.00. The normalized spacial score (nSPS) is 12.1. The molecule has 3 rings (SSSR count). The summed E-state index contributed by atoms with van der Waals surface area (Å²) in [6, 6.07) is 26.5. The van der Waals surface area contributed by atoms with Gasteiger partial charge in [0.25, 0.3) is 0 Å². The number of rotatable bonds is 4. The van der Waals surface area contributed by atoms with E-state index < -0.39 is 0 Å². The highest BCUT2D eigenvalue weighted by molar-refractivity contribution is 5.88. The van der Waals surface area contributed by atoms with Crippen molar-refractivity contribution in [3.8, 4) is 0 Å². The molecule has 3 aromatic carbocycles. The summed E-state index contributed by atoms with van der Waals surface area (Å²) >= 11 is 0. The molecule has 0 fully saturated rings. The summed E-state index contributed by atoms with van der Waals surface area (Å²) in [5.41, 5.74) is 5.39. The molecule has 26 heavy (non-hydrogen) atoms. The van der Waals surface area contributed by atoms with Crippen LogP contribution in [0.25, 0.3) is 0 Å². The highest BCUT2D eigenvalue weighted by Crippen LogP contribution is 2.24. The van der Waals surface area contributed by atoms with Crippen molar-refractivity contribution in [3.05, 3.63) is 95.6 Å². The lowest BCUT2D eigenvalue weighted by molar-refractivity contribution is 0.590. The van der Waals surface area contributed by atoms with Gasteiger partial charge in [0.05, 0.1) is 11.4 Å². The van der Waals surface area contributed by atoms with E-state index in [0.717, 1.165) is 22.5 Å². The van der Waals surface area contributed by atoms with E-state index in [2.05, 4.69) is 49.0 Å². The maximum atomic E-state index is 4.59. The molecule has 0 N–H and O–H groups in total. The number of para-hydroxylation sites is 2. The molecule has 0 unspecified atom stereocenters. The molecule has 130 valence electrons. The molecule has 2 nitrogen and oxygen atoms in total. The Morgan fingerprint density at radius 1 is 0.615 bits per heavy atom. The largest absolute Gasteiger partial charge is 0.256 e. The Morgan fingerprint density at radius 3 is 1.42 bits per heavy atom. The zero-order valence-corrected chi connectivity index (χ0v) is 15.6. The fourth-order valence-electron chi connectivity index (χ4n) is 2.58. The van der Waals surface area contributed by atoms with Crippen LogP contribution in [0.1, 0.15) is 37.5 Å². The molecule has 0 aliphatic heterocycles. The molecule has 0 saturated heterocycles. The molecule has 0 bridgehead atoms. The van der Waals surface area contributed by atoms with Crippen LogP contribution in [0.4, 0.5) is 11.4 Å². The SMILES string of the molecule is CC(C)(C)c1cc(C=Nc2ccccc2)cc(C=Nc2ccccc2)c1. The molecule has 0 heterocycles. The van der Waals surface area contributed by atoms with Gasteiger partial charge in [-0.05, 0) is 64.6 Å². The van der Waals surface area contributed by atoms with Gasteiger partial charge in [0.1, 0.15) is 0 Å². The summed E-state index contributed by atoms with van der Waals surface area (Å²) in [7, 11) is 0. The zero-order chi connectivity index (χ0) is 18.4. The van der Waals surface area contributed by atoms with Crippen LogP contribution in [0.5, 0.6) is 0 Å². The molecule has 0 atom stereocenters. The van der Waals surface area contributed by atoms with Crippen LogP contribution >= 0.6 is 0 Å². The van der Waals surface area contributed by atoms with E-state index in [1.165, 1.54) is 5.56 Å². The number of hydrogen-bond acceptors (Lipinski definition) is 2. The monoisotopic (exact) mass is 340 g/mol. The quantitative estimate of drug-likeness (QED) is 0.485. The Kier molecular flexibility index (Phi) is 5.43. The van der Waals surface area contributed by atoms with Crippen LogP contribution in [0.2, 0.25) is 0 Å². The van der Waals surface area contributed by atoms with Crippen molar-refractivity contribution in [3.63, 3.8) is 0 Å². The Morgan fingerprint density at radius 2 is 1.04 bits per heavy atom. The molecule has 0 aliphatic carbocycles. The minimum Gasteiger partial charge on any atom is -0.256 e. The van der Waals surface area contributed by atoms with Crippen molar-refractivity contribution in [2.45, 2.75) is 26.2 Å². The molecule has 0 radical (unpaired) electrons. The standard InChI is InChI=1S/C24H24N2/c1-24(2,3)21-15-19(17-25-22-10-6-4-7-11-22)14-20(16-21)18-26-23-12-8-5-9-13-23/h4-18H,1-3H3. The number of nitrogens with zero attached hydrogens (tertiary/aromatic N) is 2. The van der Waals surface area contributed by atoms with Gasteiger partial charge in [-0.2, -0.15) is 0 Å². The van der Waals surface area contributed by atoms with Crippen LogP contribution in [0.3, 0.4) is 0 Å². The van der Waals surface area contributed by atoms with Crippen molar-refractivity contribution in [2.75, 3.05) is 0 Å². The smallest absolute Gasteiger partial charge is 0.0629 e. The first-order chi connectivity index (χ1) is 12.5. The highest BCUT2D eigenvalue weighted by Gasteiger charge is 2.14. The van der Waals surface area contributed by atoms with Crippen molar-refractivity contribution >= 4 is 23.8 Å². The second-order valence-electron chi connectivity index (χ2n) is 7.33.